The zero-order valence-corrected chi connectivity index (χ0v) is 12.6. The van der Waals surface area contributed by atoms with Gasteiger partial charge in [0.15, 0.2) is 5.58 Å². The van der Waals surface area contributed by atoms with Crippen molar-refractivity contribution in [3.63, 3.8) is 0 Å². The molecule has 0 aliphatic carbocycles. The molecule has 4 nitrogen and oxygen atoms in total. The van der Waals surface area contributed by atoms with Crippen molar-refractivity contribution in [2.75, 3.05) is 11.1 Å². The smallest absolute Gasteiger partial charge is 0.257 e. The van der Waals surface area contributed by atoms with E-state index in [0.717, 1.165) is 5.52 Å². The second kappa shape index (κ2) is 6.19. The number of benzene rings is 2. The van der Waals surface area contributed by atoms with E-state index in [-0.39, 0.29) is 17.5 Å². The SMILES string of the molecule is Cc1c(F)cccc1NC(=O)CSc1nc2ccccc2o1. The maximum absolute atomic E-state index is 13.4. The molecule has 6 heteroatoms. The summed E-state index contributed by atoms with van der Waals surface area (Å²) in [6, 6.07) is 12.0. The number of rotatable bonds is 4. The molecule has 0 unspecified atom stereocenters. The van der Waals surface area contributed by atoms with Gasteiger partial charge in [-0.15, -0.1) is 0 Å². The summed E-state index contributed by atoms with van der Waals surface area (Å²) >= 11 is 1.20. The summed E-state index contributed by atoms with van der Waals surface area (Å²) in [5.41, 5.74) is 2.34. The molecule has 0 aliphatic heterocycles. The van der Waals surface area contributed by atoms with Crippen LogP contribution in [0.25, 0.3) is 11.1 Å². The van der Waals surface area contributed by atoms with Gasteiger partial charge in [0, 0.05) is 11.3 Å². The number of anilines is 1. The first-order valence-corrected chi connectivity index (χ1v) is 7.65. The lowest BCUT2D eigenvalue weighted by molar-refractivity contribution is -0.113. The quantitative estimate of drug-likeness (QED) is 0.739. The summed E-state index contributed by atoms with van der Waals surface area (Å²) in [4.78, 5) is 16.2. The summed E-state index contributed by atoms with van der Waals surface area (Å²) in [5, 5.41) is 3.12. The number of aromatic nitrogens is 1. The number of para-hydroxylation sites is 2. The van der Waals surface area contributed by atoms with Crippen molar-refractivity contribution in [2.24, 2.45) is 0 Å². The Morgan fingerprint density at radius 2 is 2.09 bits per heavy atom. The highest BCUT2D eigenvalue weighted by atomic mass is 32.2. The van der Waals surface area contributed by atoms with Gasteiger partial charge in [0.25, 0.3) is 5.22 Å². The number of fused-ring (bicyclic) bond motifs is 1. The lowest BCUT2D eigenvalue weighted by Gasteiger charge is -2.07. The van der Waals surface area contributed by atoms with E-state index in [0.29, 0.717) is 22.1 Å². The third-order valence-corrected chi connectivity index (χ3v) is 3.97. The molecule has 0 radical (unpaired) electrons. The molecule has 0 saturated carbocycles. The zero-order chi connectivity index (χ0) is 15.5. The molecule has 22 heavy (non-hydrogen) atoms. The highest BCUT2D eigenvalue weighted by Crippen LogP contribution is 2.23. The summed E-state index contributed by atoms with van der Waals surface area (Å²) in [5.74, 6) is -0.437. The van der Waals surface area contributed by atoms with Crippen molar-refractivity contribution in [2.45, 2.75) is 12.1 Å². The predicted octanol–water partition coefficient (Wildman–Crippen LogP) is 4.01. The molecule has 0 spiro atoms. The van der Waals surface area contributed by atoms with E-state index in [9.17, 15) is 9.18 Å². The molecular formula is C16H13FN2O2S. The van der Waals surface area contributed by atoms with Gasteiger partial charge < -0.3 is 9.73 Å². The lowest BCUT2D eigenvalue weighted by atomic mass is 10.2. The third-order valence-electron chi connectivity index (χ3n) is 3.14. The Labute approximate surface area is 130 Å². The van der Waals surface area contributed by atoms with E-state index in [1.54, 1.807) is 19.1 Å². The Hall–Kier alpha value is -2.34. The van der Waals surface area contributed by atoms with Crippen LogP contribution in [0.1, 0.15) is 5.56 Å². The number of thioether (sulfide) groups is 1. The zero-order valence-electron chi connectivity index (χ0n) is 11.8. The van der Waals surface area contributed by atoms with Crippen LogP contribution in [0.15, 0.2) is 52.1 Å². The van der Waals surface area contributed by atoms with Gasteiger partial charge in [0.2, 0.25) is 5.91 Å². The predicted molar refractivity (Wildman–Crippen MR) is 84.5 cm³/mol. The number of nitrogens with zero attached hydrogens (tertiary/aromatic N) is 1. The minimum absolute atomic E-state index is 0.142. The van der Waals surface area contributed by atoms with Crippen LogP contribution < -0.4 is 5.32 Å². The molecule has 3 aromatic rings. The molecule has 1 heterocycles. The van der Waals surface area contributed by atoms with Crippen molar-refractivity contribution in [3.05, 3.63) is 53.8 Å². The van der Waals surface area contributed by atoms with Gasteiger partial charge in [0.1, 0.15) is 11.3 Å². The largest absolute Gasteiger partial charge is 0.431 e. The Balaban J connectivity index is 1.63. The number of hydrogen-bond acceptors (Lipinski definition) is 4. The van der Waals surface area contributed by atoms with Crippen LogP contribution >= 0.6 is 11.8 Å². The first-order valence-electron chi connectivity index (χ1n) is 6.67. The molecule has 1 amide bonds. The summed E-state index contributed by atoms with van der Waals surface area (Å²) in [7, 11) is 0. The monoisotopic (exact) mass is 316 g/mol. The Kier molecular flexibility index (Phi) is 4.11. The Morgan fingerprint density at radius 3 is 2.91 bits per heavy atom. The van der Waals surface area contributed by atoms with Crippen molar-refractivity contribution >= 4 is 34.5 Å². The number of oxazole rings is 1. The van der Waals surface area contributed by atoms with Crippen molar-refractivity contribution in [1.29, 1.82) is 0 Å². The van der Waals surface area contributed by atoms with E-state index in [2.05, 4.69) is 10.3 Å². The van der Waals surface area contributed by atoms with E-state index in [1.165, 1.54) is 17.8 Å². The van der Waals surface area contributed by atoms with Crippen LogP contribution in [-0.4, -0.2) is 16.6 Å². The van der Waals surface area contributed by atoms with Gasteiger partial charge in [-0.25, -0.2) is 9.37 Å². The summed E-state index contributed by atoms with van der Waals surface area (Å²) in [6.45, 7) is 1.62. The Bertz CT molecular complexity index is 799. The molecular weight excluding hydrogens is 303 g/mol. The van der Waals surface area contributed by atoms with Crippen molar-refractivity contribution in [3.8, 4) is 0 Å². The van der Waals surface area contributed by atoms with Crippen LogP contribution in [0.2, 0.25) is 0 Å². The molecule has 0 saturated heterocycles. The van der Waals surface area contributed by atoms with Gasteiger partial charge in [-0.3, -0.25) is 4.79 Å². The maximum Gasteiger partial charge on any atom is 0.257 e. The molecule has 0 atom stereocenters. The third kappa shape index (κ3) is 3.12. The van der Waals surface area contributed by atoms with Crippen molar-refractivity contribution < 1.29 is 13.6 Å². The molecule has 2 aromatic carbocycles. The summed E-state index contributed by atoms with van der Waals surface area (Å²) < 4.78 is 18.9. The second-order valence-corrected chi connectivity index (χ2v) is 5.62. The van der Waals surface area contributed by atoms with Crippen LogP contribution in [0, 0.1) is 12.7 Å². The highest BCUT2D eigenvalue weighted by Gasteiger charge is 2.11. The fraction of sp³-hybridized carbons (Fsp3) is 0.125. The molecule has 112 valence electrons. The van der Waals surface area contributed by atoms with Gasteiger partial charge in [-0.1, -0.05) is 30.0 Å². The van der Waals surface area contributed by atoms with Gasteiger partial charge in [0.05, 0.1) is 5.75 Å². The number of nitrogens with one attached hydrogen (secondary N) is 1. The standard InChI is InChI=1S/C16H13FN2O2S/c1-10-11(17)5-4-7-12(10)18-15(20)9-22-16-19-13-6-2-3-8-14(13)21-16/h2-8H,9H2,1H3,(H,18,20). The number of carbonyl (C=O) groups excluding carboxylic acids is 1. The molecule has 0 fully saturated rings. The Morgan fingerprint density at radius 1 is 1.27 bits per heavy atom. The van der Waals surface area contributed by atoms with Gasteiger partial charge >= 0.3 is 0 Å². The first-order chi connectivity index (χ1) is 10.6. The molecule has 0 bridgehead atoms. The van der Waals surface area contributed by atoms with E-state index >= 15 is 0 Å². The topological polar surface area (TPSA) is 55.1 Å². The molecule has 0 aliphatic rings. The average molecular weight is 316 g/mol. The second-order valence-electron chi connectivity index (χ2n) is 4.70. The normalized spacial score (nSPS) is 10.8. The number of carbonyl (C=O) groups is 1. The highest BCUT2D eigenvalue weighted by molar-refractivity contribution is 7.99. The van der Waals surface area contributed by atoms with Gasteiger partial charge in [-0.2, -0.15) is 0 Å². The molecule has 1 N–H and O–H groups in total. The summed E-state index contributed by atoms with van der Waals surface area (Å²) in [6.07, 6.45) is 0. The van der Waals surface area contributed by atoms with Crippen LogP contribution in [-0.2, 0) is 4.79 Å². The maximum atomic E-state index is 13.4. The van der Waals surface area contributed by atoms with E-state index in [1.807, 2.05) is 24.3 Å². The number of halogens is 1. The van der Waals surface area contributed by atoms with Crippen LogP contribution in [0.5, 0.6) is 0 Å². The van der Waals surface area contributed by atoms with Crippen LogP contribution in [0.4, 0.5) is 10.1 Å². The molecule has 3 rings (SSSR count). The number of hydrogen-bond donors (Lipinski definition) is 1. The van der Waals surface area contributed by atoms with Crippen LogP contribution in [0.3, 0.4) is 0 Å². The number of amides is 1. The van der Waals surface area contributed by atoms with Gasteiger partial charge in [-0.05, 0) is 31.2 Å². The fourth-order valence-electron chi connectivity index (χ4n) is 1.97. The fourth-order valence-corrected chi connectivity index (χ4v) is 2.61. The minimum atomic E-state index is -0.343. The minimum Gasteiger partial charge on any atom is -0.431 e. The van der Waals surface area contributed by atoms with E-state index < -0.39 is 0 Å². The van der Waals surface area contributed by atoms with Crippen molar-refractivity contribution in [1.82, 2.24) is 4.98 Å². The lowest BCUT2D eigenvalue weighted by Crippen LogP contribution is -2.15. The molecule has 1 aromatic heterocycles. The van der Waals surface area contributed by atoms with E-state index in [4.69, 9.17) is 4.42 Å². The average Bonchev–Trinajstić information content (AvgIpc) is 2.93. The first kappa shape index (κ1) is 14.6.